The molecule has 1 amide bonds. The topological polar surface area (TPSA) is 40.5 Å². The highest BCUT2D eigenvalue weighted by Crippen LogP contribution is 2.50. The highest BCUT2D eigenvalue weighted by molar-refractivity contribution is 6.31. The van der Waals surface area contributed by atoms with Gasteiger partial charge in [-0.2, -0.15) is 0 Å². The normalized spacial score (nSPS) is 22.9. The van der Waals surface area contributed by atoms with Gasteiger partial charge in [0, 0.05) is 24.5 Å². The van der Waals surface area contributed by atoms with Gasteiger partial charge in [-0.15, -0.1) is 0 Å². The van der Waals surface area contributed by atoms with Crippen LogP contribution in [-0.2, 0) is 4.79 Å². The molecule has 0 bridgehead atoms. The minimum atomic E-state index is -0.367. The zero-order valence-electron chi connectivity index (χ0n) is 11.3. The number of nitrogens with zero attached hydrogens (tertiary/aromatic N) is 1. The smallest absolute Gasteiger partial charge is 0.226 e. The molecule has 0 heterocycles. The van der Waals surface area contributed by atoms with Crippen LogP contribution in [0.3, 0.4) is 0 Å². The fourth-order valence-corrected chi connectivity index (χ4v) is 2.64. The molecule has 0 saturated heterocycles. The van der Waals surface area contributed by atoms with E-state index >= 15 is 0 Å². The molecule has 1 aromatic rings. The van der Waals surface area contributed by atoms with Crippen molar-refractivity contribution >= 4 is 17.5 Å². The molecule has 3 unspecified atom stereocenters. The van der Waals surface area contributed by atoms with Crippen molar-refractivity contribution in [3.8, 4) is 0 Å². The number of carbonyl (C=O) groups is 1. The van der Waals surface area contributed by atoms with E-state index in [9.17, 15) is 9.90 Å². The SMILES string of the molecule is CC(O)CCN(C)C(=O)C1CC1c1ccccc1Cl. The second-order valence-corrected chi connectivity index (χ2v) is 5.77. The van der Waals surface area contributed by atoms with Crippen LogP contribution >= 0.6 is 11.6 Å². The van der Waals surface area contributed by atoms with Crippen LogP contribution < -0.4 is 0 Å². The lowest BCUT2D eigenvalue weighted by atomic mass is 10.1. The molecule has 3 nitrogen and oxygen atoms in total. The van der Waals surface area contributed by atoms with Gasteiger partial charge >= 0.3 is 0 Å². The van der Waals surface area contributed by atoms with Crippen molar-refractivity contribution < 1.29 is 9.90 Å². The predicted molar refractivity (Wildman–Crippen MR) is 76.2 cm³/mol. The maximum absolute atomic E-state index is 12.2. The van der Waals surface area contributed by atoms with E-state index in [1.54, 1.807) is 18.9 Å². The molecule has 0 spiro atoms. The van der Waals surface area contributed by atoms with E-state index in [1.807, 2.05) is 24.3 Å². The van der Waals surface area contributed by atoms with E-state index in [4.69, 9.17) is 11.6 Å². The van der Waals surface area contributed by atoms with Crippen LogP contribution in [0.15, 0.2) is 24.3 Å². The van der Waals surface area contributed by atoms with E-state index in [2.05, 4.69) is 0 Å². The summed E-state index contributed by atoms with van der Waals surface area (Å²) in [5.41, 5.74) is 1.08. The van der Waals surface area contributed by atoms with Crippen molar-refractivity contribution in [2.45, 2.75) is 31.8 Å². The molecule has 1 aromatic carbocycles. The number of amides is 1. The van der Waals surface area contributed by atoms with E-state index in [-0.39, 0.29) is 23.8 Å². The number of aliphatic hydroxyl groups excluding tert-OH is 1. The Labute approximate surface area is 119 Å². The van der Waals surface area contributed by atoms with Crippen LogP contribution in [0.4, 0.5) is 0 Å². The van der Waals surface area contributed by atoms with Crippen LogP contribution in [0.25, 0.3) is 0 Å². The van der Waals surface area contributed by atoms with Gasteiger partial charge in [0.1, 0.15) is 0 Å². The zero-order chi connectivity index (χ0) is 14.0. The van der Waals surface area contributed by atoms with Gasteiger partial charge in [0.2, 0.25) is 5.91 Å². The number of benzene rings is 1. The fraction of sp³-hybridized carbons (Fsp3) is 0.533. The molecule has 0 aliphatic heterocycles. The number of carbonyl (C=O) groups excluding carboxylic acids is 1. The molecule has 0 radical (unpaired) electrons. The Kier molecular flexibility index (Phi) is 4.48. The number of halogens is 1. The van der Waals surface area contributed by atoms with Gasteiger partial charge < -0.3 is 10.0 Å². The van der Waals surface area contributed by atoms with Crippen molar-refractivity contribution in [2.75, 3.05) is 13.6 Å². The van der Waals surface area contributed by atoms with Gasteiger partial charge in [0.05, 0.1) is 6.10 Å². The molecule has 1 fully saturated rings. The standard InChI is InChI=1S/C15H20ClNO2/c1-10(18)7-8-17(2)15(19)13-9-12(13)11-5-3-4-6-14(11)16/h3-6,10,12-13,18H,7-9H2,1-2H3. The van der Waals surface area contributed by atoms with E-state index < -0.39 is 0 Å². The van der Waals surface area contributed by atoms with Crippen molar-refractivity contribution in [3.05, 3.63) is 34.9 Å². The Morgan fingerprint density at radius 2 is 2.21 bits per heavy atom. The summed E-state index contributed by atoms with van der Waals surface area (Å²) in [5, 5.41) is 9.99. The van der Waals surface area contributed by atoms with Gasteiger partial charge in [0.15, 0.2) is 0 Å². The maximum Gasteiger partial charge on any atom is 0.226 e. The summed E-state index contributed by atoms with van der Waals surface area (Å²) in [6.45, 7) is 2.34. The molecule has 1 N–H and O–H groups in total. The largest absolute Gasteiger partial charge is 0.393 e. The van der Waals surface area contributed by atoms with Crippen molar-refractivity contribution in [1.82, 2.24) is 4.90 Å². The molecule has 0 aromatic heterocycles. The summed E-state index contributed by atoms with van der Waals surface area (Å²) in [6, 6.07) is 7.72. The average Bonchev–Trinajstić information content (AvgIpc) is 3.15. The average molecular weight is 282 g/mol. The molecular formula is C15H20ClNO2. The third-order valence-electron chi connectivity index (χ3n) is 3.67. The minimum absolute atomic E-state index is 0.0545. The van der Waals surface area contributed by atoms with E-state index in [0.29, 0.717) is 13.0 Å². The molecule has 104 valence electrons. The lowest BCUT2D eigenvalue weighted by Gasteiger charge is -2.18. The van der Waals surface area contributed by atoms with Gasteiger partial charge in [-0.05, 0) is 37.3 Å². The number of rotatable bonds is 5. The van der Waals surface area contributed by atoms with Crippen LogP contribution in [0.1, 0.15) is 31.2 Å². The first-order valence-electron chi connectivity index (χ1n) is 6.68. The monoisotopic (exact) mass is 281 g/mol. The van der Waals surface area contributed by atoms with E-state index in [0.717, 1.165) is 17.0 Å². The summed E-state index contributed by atoms with van der Waals surface area (Å²) in [5.74, 6) is 0.472. The lowest BCUT2D eigenvalue weighted by molar-refractivity contribution is -0.131. The van der Waals surface area contributed by atoms with Gasteiger partial charge in [-0.25, -0.2) is 0 Å². The predicted octanol–water partition coefficient (Wildman–Crippen LogP) is 2.67. The molecule has 1 saturated carbocycles. The van der Waals surface area contributed by atoms with Crippen molar-refractivity contribution in [2.24, 2.45) is 5.92 Å². The Morgan fingerprint density at radius 1 is 1.53 bits per heavy atom. The quantitative estimate of drug-likeness (QED) is 0.901. The Morgan fingerprint density at radius 3 is 2.84 bits per heavy atom. The van der Waals surface area contributed by atoms with Crippen LogP contribution in [0.5, 0.6) is 0 Å². The van der Waals surface area contributed by atoms with Gasteiger partial charge in [0.25, 0.3) is 0 Å². The van der Waals surface area contributed by atoms with Crippen LogP contribution in [0, 0.1) is 5.92 Å². The molecule has 1 aliphatic rings. The molecule has 3 atom stereocenters. The van der Waals surface area contributed by atoms with Crippen molar-refractivity contribution in [1.29, 1.82) is 0 Å². The highest BCUT2D eigenvalue weighted by Gasteiger charge is 2.45. The summed E-state index contributed by atoms with van der Waals surface area (Å²) in [4.78, 5) is 13.9. The maximum atomic E-state index is 12.2. The highest BCUT2D eigenvalue weighted by atomic mass is 35.5. The summed E-state index contributed by atoms with van der Waals surface area (Å²) in [6.07, 6.45) is 1.13. The lowest BCUT2D eigenvalue weighted by Crippen LogP contribution is -2.31. The second-order valence-electron chi connectivity index (χ2n) is 5.37. The summed E-state index contributed by atoms with van der Waals surface area (Å²) >= 11 is 6.15. The third kappa shape index (κ3) is 3.48. The first-order chi connectivity index (χ1) is 9.00. The van der Waals surface area contributed by atoms with Crippen LogP contribution in [0.2, 0.25) is 5.02 Å². The minimum Gasteiger partial charge on any atom is -0.393 e. The molecule has 1 aliphatic carbocycles. The van der Waals surface area contributed by atoms with Crippen LogP contribution in [-0.4, -0.2) is 35.6 Å². The van der Waals surface area contributed by atoms with Gasteiger partial charge in [-0.1, -0.05) is 29.8 Å². The molecule has 19 heavy (non-hydrogen) atoms. The van der Waals surface area contributed by atoms with Crippen molar-refractivity contribution in [3.63, 3.8) is 0 Å². The summed E-state index contributed by atoms with van der Waals surface area (Å²) < 4.78 is 0. The third-order valence-corrected chi connectivity index (χ3v) is 4.02. The number of hydrogen-bond donors (Lipinski definition) is 1. The zero-order valence-corrected chi connectivity index (χ0v) is 12.1. The molecule has 2 rings (SSSR count). The van der Waals surface area contributed by atoms with E-state index in [1.165, 1.54) is 0 Å². The Bertz CT molecular complexity index is 461. The summed E-state index contributed by atoms with van der Waals surface area (Å²) in [7, 11) is 1.80. The first-order valence-corrected chi connectivity index (χ1v) is 7.06. The fourth-order valence-electron chi connectivity index (χ4n) is 2.36. The Hall–Kier alpha value is -1.06. The molecule has 4 heteroatoms. The Balaban J connectivity index is 1.92. The second kappa shape index (κ2) is 5.93. The number of hydrogen-bond acceptors (Lipinski definition) is 2. The first kappa shape index (κ1) is 14.4. The molecular weight excluding hydrogens is 262 g/mol. The van der Waals surface area contributed by atoms with Gasteiger partial charge in [-0.3, -0.25) is 4.79 Å². The number of aliphatic hydroxyl groups is 1.